The third-order valence-corrected chi connectivity index (χ3v) is 4.81. The molecule has 0 unspecified atom stereocenters. The molecular weight excluding hydrogens is 377 g/mol. The van der Waals surface area contributed by atoms with E-state index < -0.39 is 5.97 Å². The largest absolute Gasteiger partial charge is 0.459 e. The van der Waals surface area contributed by atoms with Crippen LogP contribution in [-0.2, 0) is 29.0 Å². The molecule has 1 N–H and O–H groups in total. The van der Waals surface area contributed by atoms with Crippen molar-refractivity contribution in [3.8, 4) is 5.69 Å². The normalized spacial score (nSPS) is 12.6. The van der Waals surface area contributed by atoms with E-state index in [4.69, 9.17) is 9.15 Å². The lowest BCUT2D eigenvalue weighted by Crippen LogP contribution is -2.26. The molecule has 0 fully saturated rings. The Kier molecular flexibility index (Phi) is 5.41. The Bertz CT molecular complexity index is 1010. The maximum atomic E-state index is 13.2. The third kappa shape index (κ3) is 4.21. The molecule has 0 aliphatic heterocycles. The highest BCUT2D eigenvalue weighted by atomic mass is 19.1. The van der Waals surface area contributed by atoms with Gasteiger partial charge in [-0.05, 0) is 55.7 Å². The number of furan rings is 1. The smallest absolute Gasteiger partial charge is 0.307 e. The van der Waals surface area contributed by atoms with E-state index in [2.05, 4.69) is 10.4 Å². The number of esters is 1. The van der Waals surface area contributed by atoms with Gasteiger partial charge in [-0.15, -0.1) is 0 Å². The molecule has 3 aromatic rings. The number of amides is 1. The molecular formula is C21H20FN3O4. The molecule has 2 aromatic heterocycles. The van der Waals surface area contributed by atoms with Crippen LogP contribution in [-0.4, -0.2) is 28.2 Å². The number of benzene rings is 1. The first-order valence-electron chi connectivity index (χ1n) is 9.45. The van der Waals surface area contributed by atoms with E-state index in [-0.39, 0.29) is 37.1 Å². The van der Waals surface area contributed by atoms with Crippen LogP contribution in [0.3, 0.4) is 0 Å². The Balaban J connectivity index is 1.34. The summed E-state index contributed by atoms with van der Waals surface area (Å²) in [6.45, 7) is 0.224. The highest BCUT2D eigenvalue weighted by Crippen LogP contribution is 2.28. The summed E-state index contributed by atoms with van der Waals surface area (Å²) >= 11 is 0. The topological polar surface area (TPSA) is 86.4 Å². The first kappa shape index (κ1) is 18.9. The zero-order valence-corrected chi connectivity index (χ0v) is 15.7. The van der Waals surface area contributed by atoms with E-state index >= 15 is 0 Å². The van der Waals surface area contributed by atoms with Gasteiger partial charge in [-0.2, -0.15) is 5.10 Å². The number of halogens is 1. The molecule has 0 atom stereocenters. The molecule has 1 aromatic carbocycles. The van der Waals surface area contributed by atoms with Gasteiger partial charge in [0.2, 0.25) is 0 Å². The number of hydrogen-bond donors (Lipinski definition) is 1. The van der Waals surface area contributed by atoms with Gasteiger partial charge in [-0.25, -0.2) is 9.07 Å². The monoisotopic (exact) mass is 397 g/mol. The number of nitrogens with one attached hydrogen (secondary N) is 1. The molecule has 4 rings (SSSR count). The molecule has 0 spiro atoms. The quantitative estimate of drug-likeness (QED) is 0.620. The summed E-state index contributed by atoms with van der Waals surface area (Å²) in [7, 11) is 0. The van der Waals surface area contributed by atoms with Crippen LogP contribution >= 0.6 is 0 Å². The molecule has 1 amide bonds. The minimum Gasteiger partial charge on any atom is -0.459 e. The van der Waals surface area contributed by atoms with Crippen LogP contribution in [0, 0.1) is 5.82 Å². The average molecular weight is 397 g/mol. The Morgan fingerprint density at radius 3 is 2.79 bits per heavy atom. The van der Waals surface area contributed by atoms with Crippen molar-refractivity contribution in [2.45, 2.75) is 32.3 Å². The van der Waals surface area contributed by atoms with Crippen LogP contribution in [0.15, 0.2) is 47.1 Å². The number of nitrogens with zero attached hydrogens (tertiary/aromatic N) is 2. The molecule has 150 valence electrons. The number of hydrogen-bond acceptors (Lipinski definition) is 5. The van der Waals surface area contributed by atoms with Gasteiger partial charge in [0.1, 0.15) is 18.1 Å². The van der Waals surface area contributed by atoms with E-state index in [1.807, 2.05) is 0 Å². The van der Waals surface area contributed by atoms with E-state index in [9.17, 15) is 14.0 Å². The van der Waals surface area contributed by atoms with Gasteiger partial charge in [0.05, 0.1) is 18.4 Å². The SMILES string of the molecule is O=C(CCNC(=O)c1ccco1)OCc1nn(-c2ccc(F)cc2)c2c1CCC2. The van der Waals surface area contributed by atoms with Gasteiger partial charge >= 0.3 is 5.97 Å². The summed E-state index contributed by atoms with van der Waals surface area (Å²) in [5.74, 6) is -0.905. The first-order chi connectivity index (χ1) is 14.1. The highest BCUT2D eigenvalue weighted by Gasteiger charge is 2.24. The van der Waals surface area contributed by atoms with Gasteiger partial charge < -0.3 is 14.5 Å². The van der Waals surface area contributed by atoms with Crippen molar-refractivity contribution in [1.29, 1.82) is 0 Å². The van der Waals surface area contributed by atoms with Crippen molar-refractivity contribution in [3.63, 3.8) is 0 Å². The minimum atomic E-state index is -0.423. The Hall–Kier alpha value is -3.42. The van der Waals surface area contributed by atoms with E-state index in [1.165, 1.54) is 18.4 Å². The van der Waals surface area contributed by atoms with E-state index in [0.717, 1.165) is 41.9 Å². The van der Waals surface area contributed by atoms with Crippen LogP contribution in [0.5, 0.6) is 0 Å². The van der Waals surface area contributed by atoms with Crippen LogP contribution in [0.1, 0.15) is 40.3 Å². The van der Waals surface area contributed by atoms with Gasteiger partial charge in [-0.1, -0.05) is 0 Å². The zero-order chi connectivity index (χ0) is 20.2. The number of aromatic nitrogens is 2. The van der Waals surface area contributed by atoms with E-state index in [1.54, 1.807) is 28.9 Å². The molecule has 0 saturated carbocycles. The fourth-order valence-corrected chi connectivity index (χ4v) is 3.42. The van der Waals surface area contributed by atoms with Crippen LogP contribution in [0.4, 0.5) is 4.39 Å². The van der Waals surface area contributed by atoms with Gasteiger partial charge in [0.25, 0.3) is 5.91 Å². The summed E-state index contributed by atoms with van der Waals surface area (Å²) in [5.41, 5.74) is 3.67. The van der Waals surface area contributed by atoms with Crippen LogP contribution < -0.4 is 5.32 Å². The standard InChI is InChI=1S/C21H20FN3O4/c22-14-6-8-15(9-7-14)25-18-4-1-3-16(18)17(24-25)13-29-20(26)10-11-23-21(27)19-5-2-12-28-19/h2,5-9,12H,1,3-4,10-11,13H2,(H,23,27). The molecule has 29 heavy (non-hydrogen) atoms. The second-order valence-electron chi connectivity index (χ2n) is 6.76. The summed E-state index contributed by atoms with van der Waals surface area (Å²) in [4.78, 5) is 23.8. The van der Waals surface area contributed by atoms with Crippen molar-refractivity contribution in [2.75, 3.05) is 6.54 Å². The molecule has 1 aliphatic rings. The molecule has 8 heteroatoms. The van der Waals surface area contributed by atoms with Crippen molar-refractivity contribution < 1.29 is 23.1 Å². The number of carbonyl (C=O) groups excluding carboxylic acids is 2. The number of ether oxygens (including phenoxy) is 1. The Morgan fingerprint density at radius 2 is 2.03 bits per heavy atom. The summed E-state index contributed by atoms with van der Waals surface area (Å²) in [5, 5.41) is 7.18. The molecule has 1 aliphatic carbocycles. The molecule has 7 nitrogen and oxygen atoms in total. The average Bonchev–Trinajstić information content (AvgIpc) is 3.45. The Labute approximate surface area is 166 Å². The Morgan fingerprint density at radius 1 is 1.21 bits per heavy atom. The predicted octanol–water partition coefficient (Wildman–Crippen LogP) is 2.96. The molecule has 0 saturated heterocycles. The lowest BCUT2D eigenvalue weighted by Gasteiger charge is -2.06. The second-order valence-corrected chi connectivity index (χ2v) is 6.76. The van der Waals surface area contributed by atoms with E-state index in [0.29, 0.717) is 0 Å². The first-order valence-corrected chi connectivity index (χ1v) is 9.45. The van der Waals surface area contributed by atoms with Gasteiger partial charge in [0.15, 0.2) is 5.76 Å². The van der Waals surface area contributed by atoms with Crippen molar-refractivity contribution in [1.82, 2.24) is 15.1 Å². The van der Waals surface area contributed by atoms with Crippen molar-refractivity contribution >= 4 is 11.9 Å². The van der Waals surface area contributed by atoms with Crippen molar-refractivity contribution in [2.24, 2.45) is 0 Å². The predicted molar refractivity (Wildman–Crippen MR) is 101 cm³/mol. The number of carbonyl (C=O) groups is 2. The minimum absolute atomic E-state index is 0.0489. The maximum absolute atomic E-state index is 13.2. The number of rotatable bonds is 7. The second kappa shape index (κ2) is 8.30. The summed E-state index contributed by atoms with van der Waals surface area (Å²) in [6, 6.07) is 9.32. The van der Waals surface area contributed by atoms with Crippen molar-refractivity contribution in [3.05, 3.63) is 71.2 Å². The molecule has 2 heterocycles. The lowest BCUT2D eigenvalue weighted by molar-refractivity contribution is -0.144. The van der Waals surface area contributed by atoms with Crippen LogP contribution in [0.25, 0.3) is 5.69 Å². The van der Waals surface area contributed by atoms with Gasteiger partial charge in [-0.3, -0.25) is 9.59 Å². The highest BCUT2D eigenvalue weighted by molar-refractivity contribution is 5.91. The fourth-order valence-electron chi connectivity index (χ4n) is 3.42. The molecule has 0 bridgehead atoms. The van der Waals surface area contributed by atoms with Crippen LogP contribution in [0.2, 0.25) is 0 Å². The lowest BCUT2D eigenvalue weighted by atomic mass is 10.2. The maximum Gasteiger partial charge on any atom is 0.307 e. The number of fused-ring (bicyclic) bond motifs is 1. The van der Waals surface area contributed by atoms with Gasteiger partial charge in [0, 0.05) is 17.8 Å². The summed E-state index contributed by atoms with van der Waals surface area (Å²) in [6.07, 6.45) is 4.23. The molecule has 0 radical (unpaired) electrons. The third-order valence-electron chi connectivity index (χ3n) is 4.81. The summed E-state index contributed by atoms with van der Waals surface area (Å²) < 4.78 is 25.3. The zero-order valence-electron chi connectivity index (χ0n) is 15.7. The fraction of sp³-hybridized carbons (Fsp3) is 0.286.